The zero-order valence-corrected chi connectivity index (χ0v) is 8.20. The Morgan fingerprint density at radius 2 is 2.31 bits per heavy atom. The van der Waals surface area contributed by atoms with Crippen molar-refractivity contribution in [1.29, 1.82) is 5.41 Å². The molecule has 5 nitrogen and oxygen atoms in total. The second kappa shape index (κ2) is 3.93. The molecule has 0 aromatic heterocycles. The summed E-state index contributed by atoms with van der Waals surface area (Å²) in [6, 6.07) is 0.183. The molecule has 0 aromatic carbocycles. The Hall–Kier alpha value is -0.810. The fraction of sp³-hybridized carbons (Fsp3) is 0.875. The summed E-state index contributed by atoms with van der Waals surface area (Å²) in [5.74, 6) is 0.0587. The summed E-state index contributed by atoms with van der Waals surface area (Å²) in [7, 11) is 3.95. The Kier molecular flexibility index (Phi) is 3.11. The van der Waals surface area contributed by atoms with Gasteiger partial charge in [-0.3, -0.25) is 5.41 Å². The van der Waals surface area contributed by atoms with Gasteiger partial charge in [-0.15, -0.1) is 0 Å². The first-order valence-electron chi connectivity index (χ1n) is 4.44. The van der Waals surface area contributed by atoms with Gasteiger partial charge in [0.2, 0.25) is 0 Å². The third-order valence-electron chi connectivity index (χ3n) is 2.28. The van der Waals surface area contributed by atoms with E-state index in [9.17, 15) is 5.11 Å². The van der Waals surface area contributed by atoms with E-state index >= 15 is 0 Å². The number of likely N-dealkylation sites (N-methyl/N-ethyl adjacent to an activating group) is 1. The summed E-state index contributed by atoms with van der Waals surface area (Å²) in [6.07, 6.45) is 0.367. The average Bonchev–Trinajstić information content (AvgIpc) is 2.29. The predicted molar refractivity (Wildman–Crippen MR) is 51.6 cm³/mol. The zero-order chi connectivity index (χ0) is 10.0. The summed E-state index contributed by atoms with van der Waals surface area (Å²) in [4.78, 5) is 3.79. The highest BCUT2D eigenvalue weighted by atomic mass is 16.3. The molecule has 0 amide bonds. The van der Waals surface area contributed by atoms with Gasteiger partial charge in [0.25, 0.3) is 0 Å². The topological polar surface area (TPSA) is 76.6 Å². The van der Waals surface area contributed by atoms with Crippen LogP contribution in [0.15, 0.2) is 0 Å². The van der Waals surface area contributed by atoms with Crippen molar-refractivity contribution in [3.05, 3.63) is 0 Å². The minimum Gasteiger partial charge on any atom is -0.391 e. The molecule has 0 aromatic rings. The van der Waals surface area contributed by atoms with Crippen LogP contribution in [0.2, 0.25) is 0 Å². The van der Waals surface area contributed by atoms with Crippen LogP contribution in [0.3, 0.4) is 0 Å². The molecule has 13 heavy (non-hydrogen) atoms. The molecule has 76 valence electrons. The molecule has 0 aliphatic carbocycles. The van der Waals surface area contributed by atoms with Gasteiger partial charge in [0, 0.05) is 19.1 Å². The van der Waals surface area contributed by atoms with Crippen molar-refractivity contribution >= 4 is 5.96 Å². The Bertz CT molecular complexity index is 195. The highest BCUT2D eigenvalue weighted by Crippen LogP contribution is 2.17. The summed E-state index contributed by atoms with van der Waals surface area (Å²) in [6.45, 7) is 1.32. The molecule has 1 saturated heterocycles. The fourth-order valence-corrected chi connectivity index (χ4v) is 1.78. The van der Waals surface area contributed by atoms with Gasteiger partial charge < -0.3 is 20.6 Å². The van der Waals surface area contributed by atoms with E-state index in [4.69, 9.17) is 11.1 Å². The van der Waals surface area contributed by atoms with E-state index in [0.717, 1.165) is 6.54 Å². The average molecular weight is 186 g/mol. The van der Waals surface area contributed by atoms with Crippen molar-refractivity contribution in [1.82, 2.24) is 9.80 Å². The zero-order valence-electron chi connectivity index (χ0n) is 8.20. The molecule has 0 bridgehead atoms. The van der Waals surface area contributed by atoms with Crippen molar-refractivity contribution < 1.29 is 5.11 Å². The van der Waals surface area contributed by atoms with E-state index in [1.807, 2.05) is 19.0 Å². The van der Waals surface area contributed by atoms with Crippen LogP contribution in [-0.2, 0) is 0 Å². The molecular weight excluding hydrogens is 168 g/mol. The van der Waals surface area contributed by atoms with Crippen LogP contribution in [0, 0.1) is 5.41 Å². The molecule has 1 heterocycles. The molecule has 1 aliphatic rings. The van der Waals surface area contributed by atoms with Crippen molar-refractivity contribution in [2.45, 2.75) is 18.6 Å². The highest BCUT2D eigenvalue weighted by Gasteiger charge is 2.31. The Labute approximate surface area is 78.6 Å². The molecule has 2 atom stereocenters. The Morgan fingerprint density at radius 3 is 2.77 bits per heavy atom. The quantitative estimate of drug-likeness (QED) is 0.377. The number of aliphatic hydroxyl groups is 1. The minimum atomic E-state index is -0.339. The number of guanidine groups is 1. The van der Waals surface area contributed by atoms with Crippen LogP contribution in [0.25, 0.3) is 0 Å². The number of likely N-dealkylation sites (tertiary alicyclic amines) is 1. The van der Waals surface area contributed by atoms with Crippen molar-refractivity contribution in [2.24, 2.45) is 5.73 Å². The molecule has 5 heteroatoms. The van der Waals surface area contributed by atoms with Crippen molar-refractivity contribution in [3.63, 3.8) is 0 Å². The van der Waals surface area contributed by atoms with Gasteiger partial charge in [0.15, 0.2) is 5.96 Å². The maximum absolute atomic E-state index is 9.42. The first kappa shape index (κ1) is 10.3. The second-order valence-corrected chi connectivity index (χ2v) is 3.84. The maximum Gasteiger partial charge on any atom is 0.188 e. The summed E-state index contributed by atoms with van der Waals surface area (Å²) < 4.78 is 0. The SMILES string of the molecule is CN(C)CC1CC(O)CN1C(=N)N. The monoisotopic (exact) mass is 186 g/mol. The summed E-state index contributed by atoms with van der Waals surface area (Å²) >= 11 is 0. The van der Waals surface area contributed by atoms with E-state index in [1.165, 1.54) is 0 Å². The molecule has 2 unspecified atom stereocenters. The third kappa shape index (κ3) is 2.57. The molecule has 1 rings (SSSR count). The molecule has 4 N–H and O–H groups in total. The molecular formula is C8H18N4O. The number of nitrogens with one attached hydrogen (secondary N) is 1. The minimum absolute atomic E-state index is 0.0587. The van der Waals surface area contributed by atoms with Crippen LogP contribution in [0.5, 0.6) is 0 Å². The van der Waals surface area contributed by atoms with Crippen LogP contribution in [-0.4, -0.2) is 60.2 Å². The number of hydrogen-bond donors (Lipinski definition) is 3. The van der Waals surface area contributed by atoms with E-state index in [0.29, 0.717) is 13.0 Å². The van der Waals surface area contributed by atoms with Gasteiger partial charge in [0.05, 0.1) is 6.10 Å². The van der Waals surface area contributed by atoms with E-state index < -0.39 is 0 Å². The number of rotatable bonds is 2. The molecule has 1 fully saturated rings. The number of aliphatic hydroxyl groups excluding tert-OH is 1. The van der Waals surface area contributed by atoms with Gasteiger partial charge in [-0.25, -0.2) is 0 Å². The predicted octanol–water partition coefficient (Wildman–Crippen LogP) is -1.12. The lowest BCUT2D eigenvalue weighted by Gasteiger charge is -2.26. The van der Waals surface area contributed by atoms with Crippen LogP contribution >= 0.6 is 0 Å². The maximum atomic E-state index is 9.42. The van der Waals surface area contributed by atoms with Crippen LogP contribution in [0.1, 0.15) is 6.42 Å². The molecule has 0 spiro atoms. The first-order chi connectivity index (χ1) is 6.00. The molecule has 0 saturated carbocycles. The highest BCUT2D eigenvalue weighted by molar-refractivity contribution is 5.75. The largest absolute Gasteiger partial charge is 0.391 e. The summed E-state index contributed by atoms with van der Waals surface area (Å²) in [5, 5.41) is 16.7. The lowest BCUT2D eigenvalue weighted by molar-refractivity contribution is 0.187. The normalized spacial score (nSPS) is 28.5. The lowest BCUT2D eigenvalue weighted by atomic mass is 10.2. The number of hydrogen-bond acceptors (Lipinski definition) is 3. The molecule has 0 radical (unpaired) electrons. The van der Waals surface area contributed by atoms with E-state index in [1.54, 1.807) is 4.90 Å². The van der Waals surface area contributed by atoms with Crippen molar-refractivity contribution in [2.75, 3.05) is 27.2 Å². The Morgan fingerprint density at radius 1 is 1.69 bits per heavy atom. The Balaban J connectivity index is 2.55. The fourth-order valence-electron chi connectivity index (χ4n) is 1.78. The van der Waals surface area contributed by atoms with Gasteiger partial charge in [-0.1, -0.05) is 0 Å². The van der Waals surface area contributed by atoms with Gasteiger partial charge in [0.1, 0.15) is 0 Å². The van der Waals surface area contributed by atoms with Gasteiger partial charge in [-0.2, -0.15) is 0 Å². The van der Waals surface area contributed by atoms with Gasteiger partial charge >= 0.3 is 0 Å². The number of nitrogens with zero attached hydrogens (tertiary/aromatic N) is 2. The van der Waals surface area contributed by atoms with E-state index in [2.05, 4.69) is 0 Å². The lowest BCUT2D eigenvalue weighted by Crippen LogP contribution is -2.44. The van der Waals surface area contributed by atoms with Crippen LogP contribution in [0.4, 0.5) is 0 Å². The first-order valence-corrected chi connectivity index (χ1v) is 4.44. The molecule has 1 aliphatic heterocycles. The summed E-state index contributed by atoms with van der Waals surface area (Å²) in [5.41, 5.74) is 5.41. The van der Waals surface area contributed by atoms with E-state index in [-0.39, 0.29) is 18.1 Å². The van der Waals surface area contributed by atoms with Crippen LogP contribution < -0.4 is 5.73 Å². The second-order valence-electron chi connectivity index (χ2n) is 3.84. The van der Waals surface area contributed by atoms with Gasteiger partial charge in [-0.05, 0) is 20.5 Å². The standard InChI is InChI=1S/C8H18N4O/c1-11(2)4-6-3-7(13)5-12(6)8(9)10/h6-7,13H,3-5H2,1-2H3,(H3,9,10). The smallest absolute Gasteiger partial charge is 0.188 e. The number of β-amino-alcohol motifs (C(OH)–C–C–N with tert-alkyl or cyclic N) is 1. The third-order valence-corrected chi connectivity index (χ3v) is 2.28. The van der Waals surface area contributed by atoms with Crippen molar-refractivity contribution in [3.8, 4) is 0 Å². The number of nitrogens with two attached hydrogens (primary N) is 1.